The van der Waals surface area contributed by atoms with Crippen molar-refractivity contribution < 1.29 is 5.11 Å². The van der Waals surface area contributed by atoms with Crippen LogP contribution in [0.3, 0.4) is 0 Å². The van der Waals surface area contributed by atoms with E-state index in [0.717, 1.165) is 10.0 Å². The summed E-state index contributed by atoms with van der Waals surface area (Å²) in [6, 6.07) is 8.47. The summed E-state index contributed by atoms with van der Waals surface area (Å²) in [6.45, 7) is 15.6. The van der Waals surface area contributed by atoms with Gasteiger partial charge in [0.25, 0.3) is 0 Å². The zero-order valence-electron chi connectivity index (χ0n) is 15.9. The monoisotopic (exact) mass is 388 g/mol. The van der Waals surface area contributed by atoms with E-state index in [1.165, 1.54) is 27.8 Å². The van der Waals surface area contributed by atoms with E-state index in [2.05, 4.69) is 76.5 Å². The summed E-state index contributed by atoms with van der Waals surface area (Å²) in [6.07, 6.45) is 0. The van der Waals surface area contributed by atoms with Crippen molar-refractivity contribution in [1.82, 2.24) is 0 Å². The SMILES string of the molecule is Cc1ccc(O)c(Br)c1-c1c(C(C)C)cc(C(C)C)cc1C(C)C. The molecule has 0 aliphatic rings. The molecule has 0 heterocycles. The molecule has 2 aromatic carbocycles. The van der Waals surface area contributed by atoms with E-state index in [4.69, 9.17) is 0 Å². The minimum atomic E-state index is 0.299. The molecule has 1 nitrogen and oxygen atoms in total. The van der Waals surface area contributed by atoms with Crippen LogP contribution >= 0.6 is 15.9 Å². The summed E-state index contributed by atoms with van der Waals surface area (Å²) in [5, 5.41) is 10.2. The molecule has 1 N–H and O–H groups in total. The van der Waals surface area contributed by atoms with E-state index in [-0.39, 0.29) is 0 Å². The first kappa shape index (κ1) is 19.1. The van der Waals surface area contributed by atoms with Crippen LogP contribution in [0.1, 0.15) is 81.5 Å². The van der Waals surface area contributed by atoms with Gasteiger partial charge in [0.2, 0.25) is 0 Å². The molecule has 2 heteroatoms. The quantitative estimate of drug-likeness (QED) is 0.574. The van der Waals surface area contributed by atoms with Gasteiger partial charge in [-0.1, -0.05) is 59.7 Å². The predicted octanol–water partition coefficient (Wildman–Crippen LogP) is 7.50. The average molecular weight is 389 g/mol. The topological polar surface area (TPSA) is 20.2 Å². The van der Waals surface area contributed by atoms with Gasteiger partial charge >= 0.3 is 0 Å². The molecule has 0 aromatic heterocycles. The standard InChI is InChI=1S/C22H29BrO/c1-12(2)16-10-17(13(3)4)21(18(11-16)14(5)6)20-15(7)8-9-19(24)22(20)23/h8-14,24H,1-7H3. The van der Waals surface area contributed by atoms with Crippen LogP contribution in [0.25, 0.3) is 11.1 Å². The molecule has 0 amide bonds. The molecule has 0 aliphatic carbocycles. The highest BCUT2D eigenvalue weighted by Gasteiger charge is 2.22. The molecule has 2 aromatic rings. The van der Waals surface area contributed by atoms with Crippen molar-refractivity contribution in [2.24, 2.45) is 0 Å². The van der Waals surface area contributed by atoms with E-state index in [0.29, 0.717) is 23.5 Å². The highest BCUT2D eigenvalue weighted by Crippen LogP contribution is 2.45. The van der Waals surface area contributed by atoms with Crippen molar-refractivity contribution in [2.75, 3.05) is 0 Å². The fourth-order valence-corrected chi connectivity index (χ4v) is 3.86. The van der Waals surface area contributed by atoms with Crippen molar-refractivity contribution >= 4 is 15.9 Å². The smallest absolute Gasteiger partial charge is 0.130 e. The third-order valence-electron chi connectivity index (χ3n) is 4.71. The van der Waals surface area contributed by atoms with Crippen molar-refractivity contribution in [1.29, 1.82) is 0 Å². The molecule has 130 valence electrons. The van der Waals surface area contributed by atoms with Gasteiger partial charge in [0, 0.05) is 5.56 Å². The van der Waals surface area contributed by atoms with Gasteiger partial charge in [-0.15, -0.1) is 0 Å². The van der Waals surface area contributed by atoms with E-state index in [1.54, 1.807) is 6.07 Å². The van der Waals surface area contributed by atoms with Gasteiger partial charge in [-0.2, -0.15) is 0 Å². The zero-order chi connectivity index (χ0) is 18.2. The largest absolute Gasteiger partial charge is 0.507 e. The Labute approximate surface area is 155 Å². The van der Waals surface area contributed by atoms with Crippen LogP contribution < -0.4 is 0 Å². The fraction of sp³-hybridized carbons (Fsp3) is 0.455. The lowest BCUT2D eigenvalue weighted by molar-refractivity contribution is 0.472. The number of benzene rings is 2. The Morgan fingerprint density at radius 3 is 1.71 bits per heavy atom. The Morgan fingerprint density at radius 1 is 0.792 bits per heavy atom. The Bertz CT molecular complexity index is 713. The van der Waals surface area contributed by atoms with Gasteiger partial charge in [-0.05, 0) is 74.5 Å². The lowest BCUT2D eigenvalue weighted by atomic mass is 9.81. The summed E-state index contributed by atoms with van der Waals surface area (Å²) >= 11 is 3.63. The zero-order valence-corrected chi connectivity index (χ0v) is 17.5. The molecule has 0 fully saturated rings. The van der Waals surface area contributed by atoms with Crippen LogP contribution in [0.2, 0.25) is 0 Å². The first-order valence-corrected chi connectivity index (χ1v) is 9.60. The minimum Gasteiger partial charge on any atom is -0.507 e. The summed E-state index contributed by atoms with van der Waals surface area (Å²) in [7, 11) is 0. The maximum absolute atomic E-state index is 10.2. The van der Waals surface area contributed by atoms with Crippen molar-refractivity contribution in [3.63, 3.8) is 0 Å². The van der Waals surface area contributed by atoms with Gasteiger partial charge in [-0.25, -0.2) is 0 Å². The number of rotatable bonds is 4. The number of hydrogen-bond donors (Lipinski definition) is 1. The Kier molecular flexibility index (Phi) is 5.80. The van der Waals surface area contributed by atoms with Crippen LogP contribution in [0, 0.1) is 6.92 Å². The van der Waals surface area contributed by atoms with Crippen LogP contribution in [0.4, 0.5) is 0 Å². The molecule has 0 unspecified atom stereocenters. The van der Waals surface area contributed by atoms with Crippen molar-refractivity contribution in [3.05, 3.63) is 51.0 Å². The first-order valence-electron chi connectivity index (χ1n) is 8.81. The maximum atomic E-state index is 10.2. The van der Waals surface area contributed by atoms with Gasteiger partial charge < -0.3 is 5.11 Å². The fourth-order valence-electron chi connectivity index (χ4n) is 3.21. The van der Waals surface area contributed by atoms with E-state index >= 15 is 0 Å². The molecule has 0 aliphatic heterocycles. The van der Waals surface area contributed by atoms with Crippen LogP contribution in [0.15, 0.2) is 28.7 Å². The Morgan fingerprint density at radius 2 is 1.29 bits per heavy atom. The Balaban J connectivity index is 2.94. The molecular weight excluding hydrogens is 360 g/mol. The van der Waals surface area contributed by atoms with Crippen LogP contribution in [0.5, 0.6) is 5.75 Å². The second-order valence-electron chi connectivity index (χ2n) is 7.63. The number of aromatic hydroxyl groups is 1. The van der Waals surface area contributed by atoms with Crippen molar-refractivity contribution in [3.8, 4) is 16.9 Å². The normalized spacial score (nSPS) is 11.8. The second kappa shape index (κ2) is 7.31. The highest BCUT2D eigenvalue weighted by atomic mass is 79.9. The number of aryl methyl sites for hydroxylation is 1. The third-order valence-corrected chi connectivity index (χ3v) is 5.52. The van der Waals surface area contributed by atoms with E-state index in [1.807, 2.05) is 6.07 Å². The van der Waals surface area contributed by atoms with Gasteiger partial charge in [0.15, 0.2) is 0 Å². The number of phenols is 1. The third kappa shape index (κ3) is 3.54. The van der Waals surface area contributed by atoms with E-state index in [9.17, 15) is 5.11 Å². The van der Waals surface area contributed by atoms with Crippen LogP contribution in [-0.2, 0) is 0 Å². The molecule has 0 radical (unpaired) electrons. The first-order chi connectivity index (χ1) is 11.1. The van der Waals surface area contributed by atoms with E-state index < -0.39 is 0 Å². The molecule has 24 heavy (non-hydrogen) atoms. The average Bonchev–Trinajstić information content (AvgIpc) is 2.50. The number of halogens is 1. The lowest BCUT2D eigenvalue weighted by Crippen LogP contribution is -2.05. The van der Waals surface area contributed by atoms with Crippen LogP contribution in [-0.4, -0.2) is 5.11 Å². The molecule has 0 bridgehead atoms. The molecule has 0 spiro atoms. The summed E-state index contributed by atoms with van der Waals surface area (Å²) in [4.78, 5) is 0. The summed E-state index contributed by atoms with van der Waals surface area (Å²) in [5.41, 5.74) is 7.70. The molecule has 0 atom stereocenters. The predicted molar refractivity (Wildman–Crippen MR) is 108 cm³/mol. The minimum absolute atomic E-state index is 0.299. The summed E-state index contributed by atoms with van der Waals surface area (Å²) < 4.78 is 0.795. The van der Waals surface area contributed by atoms with Gasteiger partial charge in [0.1, 0.15) is 5.75 Å². The number of hydrogen-bond acceptors (Lipinski definition) is 1. The molecule has 0 saturated heterocycles. The Hall–Kier alpha value is -1.28. The molecular formula is C22H29BrO. The number of phenolic OH excluding ortho intramolecular Hbond substituents is 1. The lowest BCUT2D eigenvalue weighted by Gasteiger charge is -2.25. The highest BCUT2D eigenvalue weighted by molar-refractivity contribution is 9.10. The molecule has 0 saturated carbocycles. The van der Waals surface area contributed by atoms with Gasteiger partial charge in [0.05, 0.1) is 4.47 Å². The van der Waals surface area contributed by atoms with Crippen molar-refractivity contribution in [2.45, 2.75) is 66.2 Å². The van der Waals surface area contributed by atoms with Gasteiger partial charge in [-0.3, -0.25) is 0 Å². The maximum Gasteiger partial charge on any atom is 0.130 e. The summed E-state index contributed by atoms with van der Waals surface area (Å²) in [5.74, 6) is 1.64. The second-order valence-corrected chi connectivity index (χ2v) is 8.42. The molecule has 2 rings (SSSR count).